The fourth-order valence-electron chi connectivity index (χ4n) is 2.05. The average molecular weight is 346 g/mol. The zero-order valence-corrected chi connectivity index (χ0v) is 13.8. The van der Waals surface area contributed by atoms with E-state index in [2.05, 4.69) is 15.6 Å². The van der Waals surface area contributed by atoms with E-state index in [1.54, 1.807) is 19.2 Å². The lowest BCUT2D eigenvalue weighted by Gasteiger charge is -2.12. The van der Waals surface area contributed by atoms with Gasteiger partial charge in [-0.1, -0.05) is 0 Å². The Morgan fingerprint density at radius 2 is 2.08 bits per heavy atom. The van der Waals surface area contributed by atoms with Crippen molar-refractivity contribution in [2.24, 2.45) is 0 Å². The minimum atomic E-state index is -0.551. The summed E-state index contributed by atoms with van der Waals surface area (Å²) in [6.07, 6.45) is 1.44. The van der Waals surface area contributed by atoms with Gasteiger partial charge in [0.05, 0.1) is 36.1 Å². The summed E-state index contributed by atoms with van der Waals surface area (Å²) in [5, 5.41) is 16.7. The Balaban J connectivity index is 2.24. The topological polar surface area (TPSA) is 116 Å². The van der Waals surface area contributed by atoms with Crippen LogP contribution in [0, 0.1) is 10.1 Å². The SMILES string of the molecule is COCCNc1ccc([N+](=O)[O-])cc1C(=O)Nc1ccc(OC)nc1. The van der Waals surface area contributed by atoms with Crippen molar-refractivity contribution >= 4 is 23.0 Å². The summed E-state index contributed by atoms with van der Waals surface area (Å²) in [7, 11) is 3.05. The summed E-state index contributed by atoms with van der Waals surface area (Å²) < 4.78 is 9.91. The molecule has 2 N–H and O–H groups in total. The van der Waals surface area contributed by atoms with Crippen molar-refractivity contribution in [2.75, 3.05) is 38.0 Å². The van der Waals surface area contributed by atoms with Crippen LogP contribution in [0.5, 0.6) is 5.88 Å². The smallest absolute Gasteiger partial charge is 0.270 e. The fraction of sp³-hybridized carbons (Fsp3) is 0.250. The van der Waals surface area contributed by atoms with E-state index in [9.17, 15) is 14.9 Å². The highest BCUT2D eigenvalue weighted by atomic mass is 16.6. The standard InChI is InChI=1S/C16H18N4O5/c1-24-8-7-17-14-5-4-12(20(22)23)9-13(14)16(21)19-11-3-6-15(25-2)18-10-11/h3-6,9-10,17H,7-8H2,1-2H3,(H,19,21). The second-order valence-electron chi connectivity index (χ2n) is 4.95. The van der Waals surface area contributed by atoms with Gasteiger partial charge < -0.3 is 20.1 Å². The Morgan fingerprint density at radius 3 is 2.68 bits per heavy atom. The molecule has 2 rings (SSSR count). The first-order valence-electron chi connectivity index (χ1n) is 7.37. The number of benzene rings is 1. The molecule has 1 amide bonds. The molecule has 1 heterocycles. The summed E-state index contributed by atoms with van der Waals surface area (Å²) in [4.78, 5) is 27.0. The lowest BCUT2D eigenvalue weighted by atomic mass is 10.1. The van der Waals surface area contributed by atoms with Gasteiger partial charge in [0.25, 0.3) is 11.6 Å². The average Bonchev–Trinajstić information content (AvgIpc) is 2.62. The number of hydrogen-bond donors (Lipinski definition) is 2. The summed E-state index contributed by atoms with van der Waals surface area (Å²) in [6.45, 7) is 0.888. The van der Waals surface area contributed by atoms with E-state index in [0.717, 1.165) is 0 Å². The number of pyridine rings is 1. The number of hydrogen-bond acceptors (Lipinski definition) is 7. The summed E-state index contributed by atoms with van der Waals surface area (Å²) in [5.74, 6) is -0.0779. The summed E-state index contributed by atoms with van der Waals surface area (Å²) in [5.41, 5.74) is 0.901. The highest BCUT2D eigenvalue weighted by molar-refractivity contribution is 6.08. The highest BCUT2D eigenvalue weighted by Crippen LogP contribution is 2.23. The number of ether oxygens (including phenoxy) is 2. The van der Waals surface area contributed by atoms with Crippen molar-refractivity contribution in [3.05, 3.63) is 52.2 Å². The molecule has 1 aromatic heterocycles. The molecule has 0 spiro atoms. The predicted octanol–water partition coefficient (Wildman–Crippen LogP) is 2.31. The van der Waals surface area contributed by atoms with Crippen molar-refractivity contribution in [1.82, 2.24) is 4.98 Å². The molecular formula is C16H18N4O5. The molecule has 0 fully saturated rings. The first kappa shape index (κ1) is 18.1. The molecule has 1 aromatic carbocycles. The minimum Gasteiger partial charge on any atom is -0.481 e. The molecule has 9 heteroatoms. The van der Waals surface area contributed by atoms with Crippen LogP contribution in [0.15, 0.2) is 36.5 Å². The van der Waals surface area contributed by atoms with Crippen molar-refractivity contribution in [3.63, 3.8) is 0 Å². The number of nitrogens with one attached hydrogen (secondary N) is 2. The van der Waals surface area contributed by atoms with Crippen LogP contribution >= 0.6 is 0 Å². The lowest BCUT2D eigenvalue weighted by Crippen LogP contribution is -2.17. The third-order valence-electron chi connectivity index (χ3n) is 3.28. The molecule has 0 aliphatic carbocycles. The first-order chi connectivity index (χ1) is 12.0. The number of aromatic nitrogens is 1. The molecule has 132 valence electrons. The Labute approximate surface area is 144 Å². The Hall–Kier alpha value is -3.20. The number of nitrogens with zero attached hydrogens (tertiary/aromatic N) is 2. The summed E-state index contributed by atoms with van der Waals surface area (Å²) >= 11 is 0. The van der Waals surface area contributed by atoms with Gasteiger partial charge in [-0.15, -0.1) is 0 Å². The van der Waals surface area contributed by atoms with Gasteiger partial charge >= 0.3 is 0 Å². The van der Waals surface area contributed by atoms with E-state index < -0.39 is 10.8 Å². The first-order valence-corrected chi connectivity index (χ1v) is 7.37. The monoisotopic (exact) mass is 346 g/mol. The number of methoxy groups -OCH3 is 2. The number of non-ortho nitro benzene ring substituents is 1. The quantitative estimate of drug-likeness (QED) is 0.428. The van der Waals surface area contributed by atoms with Gasteiger partial charge in [-0.2, -0.15) is 0 Å². The van der Waals surface area contributed by atoms with Crippen molar-refractivity contribution in [2.45, 2.75) is 0 Å². The Morgan fingerprint density at radius 1 is 1.28 bits per heavy atom. The van der Waals surface area contributed by atoms with Crippen LogP contribution in [-0.4, -0.2) is 43.2 Å². The van der Waals surface area contributed by atoms with E-state index >= 15 is 0 Å². The van der Waals surface area contributed by atoms with E-state index in [0.29, 0.717) is 30.4 Å². The maximum Gasteiger partial charge on any atom is 0.270 e. The molecule has 0 saturated heterocycles. The van der Waals surface area contributed by atoms with Crippen molar-refractivity contribution in [3.8, 4) is 5.88 Å². The number of carbonyl (C=O) groups excluding carboxylic acids is 1. The number of anilines is 2. The maximum atomic E-state index is 12.5. The number of nitro groups is 1. The zero-order valence-electron chi connectivity index (χ0n) is 13.8. The van der Waals surface area contributed by atoms with Crippen LogP contribution in [0.2, 0.25) is 0 Å². The van der Waals surface area contributed by atoms with Crippen LogP contribution in [0.25, 0.3) is 0 Å². The summed E-state index contributed by atoms with van der Waals surface area (Å²) in [6, 6.07) is 7.27. The second kappa shape index (κ2) is 8.60. The molecule has 0 aliphatic heterocycles. The van der Waals surface area contributed by atoms with Gasteiger partial charge in [0.2, 0.25) is 5.88 Å². The molecule has 25 heavy (non-hydrogen) atoms. The number of amides is 1. The largest absolute Gasteiger partial charge is 0.481 e. The van der Waals surface area contributed by atoms with Gasteiger partial charge in [-0.25, -0.2) is 4.98 Å². The third-order valence-corrected chi connectivity index (χ3v) is 3.28. The van der Waals surface area contributed by atoms with Crippen molar-refractivity contribution in [1.29, 1.82) is 0 Å². The molecule has 0 radical (unpaired) electrons. The normalized spacial score (nSPS) is 10.2. The minimum absolute atomic E-state index is 0.154. The third kappa shape index (κ3) is 4.88. The van der Waals surface area contributed by atoms with E-state index in [1.807, 2.05) is 0 Å². The lowest BCUT2D eigenvalue weighted by molar-refractivity contribution is -0.384. The molecule has 2 aromatic rings. The number of rotatable bonds is 8. The fourth-order valence-corrected chi connectivity index (χ4v) is 2.05. The van der Waals surface area contributed by atoms with Crippen LogP contribution in [0.1, 0.15) is 10.4 Å². The molecule has 0 bridgehead atoms. The van der Waals surface area contributed by atoms with Crippen LogP contribution in [-0.2, 0) is 4.74 Å². The van der Waals surface area contributed by atoms with Gasteiger partial charge in [0, 0.05) is 37.5 Å². The molecular weight excluding hydrogens is 328 g/mol. The molecule has 9 nitrogen and oxygen atoms in total. The highest BCUT2D eigenvalue weighted by Gasteiger charge is 2.17. The predicted molar refractivity (Wildman–Crippen MR) is 92.2 cm³/mol. The molecule has 0 atom stereocenters. The van der Waals surface area contributed by atoms with E-state index in [1.165, 1.54) is 31.5 Å². The Kier molecular flexibility index (Phi) is 6.24. The van der Waals surface area contributed by atoms with Crippen LogP contribution in [0.3, 0.4) is 0 Å². The maximum absolute atomic E-state index is 12.5. The zero-order chi connectivity index (χ0) is 18.2. The van der Waals surface area contributed by atoms with E-state index in [4.69, 9.17) is 9.47 Å². The van der Waals surface area contributed by atoms with Gasteiger partial charge in [-0.05, 0) is 12.1 Å². The molecule has 0 aliphatic rings. The second-order valence-corrected chi connectivity index (χ2v) is 4.95. The molecule has 0 saturated carbocycles. The van der Waals surface area contributed by atoms with E-state index in [-0.39, 0.29) is 11.3 Å². The van der Waals surface area contributed by atoms with Gasteiger partial charge in [0.1, 0.15) is 0 Å². The van der Waals surface area contributed by atoms with Crippen LogP contribution < -0.4 is 15.4 Å². The Bertz CT molecular complexity index is 749. The molecule has 0 unspecified atom stereocenters. The van der Waals surface area contributed by atoms with Crippen LogP contribution in [0.4, 0.5) is 17.1 Å². The van der Waals surface area contributed by atoms with Gasteiger partial charge in [0.15, 0.2) is 0 Å². The number of carbonyl (C=O) groups is 1. The van der Waals surface area contributed by atoms with Crippen molar-refractivity contribution < 1.29 is 19.2 Å². The number of nitro benzene ring substituents is 1. The van der Waals surface area contributed by atoms with Gasteiger partial charge in [-0.3, -0.25) is 14.9 Å².